The zero-order valence-corrected chi connectivity index (χ0v) is 54.0. The van der Waals surface area contributed by atoms with Gasteiger partial charge in [0.25, 0.3) is 46.9 Å². The molecule has 6 aromatic carbocycles. The summed E-state index contributed by atoms with van der Waals surface area (Å²) in [5, 5.41) is 0. The van der Waals surface area contributed by atoms with Gasteiger partial charge in [-0.2, -0.15) is 0 Å². The van der Waals surface area contributed by atoms with Gasteiger partial charge >= 0.3 is 0 Å². The van der Waals surface area contributed by atoms with Crippen LogP contribution in [0.25, 0.3) is 0 Å². The summed E-state index contributed by atoms with van der Waals surface area (Å²) in [4.78, 5) is 65.8. The van der Waals surface area contributed by atoms with Gasteiger partial charge in [-0.05, 0) is 150 Å². The molecule has 0 amide bonds. The first-order chi connectivity index (χ1) is 35.3. The van der Waals surface area contributed by atoms with Crippen molar-refractivity contribution in [2.24, 2.45) is 0 Å². The Morgan fingerprint density at radius 3 is 0.345 bits per heavy atom. The summed E-state index contributed by atoms with van der Waals surface area (Å²) >= 11 is 0. The normalized spacial score (nSPS) is 22.0. The van der Waals surface area contributed by atoms with Crippen LogP contribution >= 0.6 is 46.9 Å². The molecule has 7 rings (SSSR count). The Hall–Kier alpha value is -4.26. The van der Waals surface area contributed by atoms with Gasteiger partial charge in [-0.15, -0.1) is 0 Å². The Bertz CT molecular complexity index is 2410. The van der Waals surface area contributed by atoms with Crippen molar-refractivity contribution in [1.82, 2.24) is 0 Å². The zero-order valence-electron chi connectivity index (χ0n) is 48.7. The van der Waals surface area contributed by atoms with Crippen molar-refractivity contribution in [3.05, 3.63) is 176 Å². The number of rotatable bonds is 0. The molecule has 0 aromatic heterocycles. The van der Waals surface area contributed by atoms with Gasteiger partial charge in [0.05, 0.1) is 0 Å². The van der Waals surface area contributed by atoms with Gasteiger partial charge < -0.3 is 96.6 Å². The van der Waals surface area contributed by atoms with E-state index in [4.69, 9.17) is 0 Å². The second-order valence-electron chi connectivity index (χ2n) is 18.1. The highest BCUT2D eigenvalue weighted by Crippen LogP contribution is 2.74. The summed E-state index contributed by atoms with van der Waals surface area (Å²) in [6.45, 7) is 25.0. The van der Waals surface area contributed by atoms with Crippen molar-refractivity contribution in [1.29, 1.82) is 0 Å². The first-order valence-electron chi connectivity index (χ1n) is 22.9. The molecular weight excluding hydrogens is 1230 g/mol. The summed E-state index contributed by atoms with van der Waals surface area (Å²) in [6, 6.07) is 37.8. The van der Waals surface area contributed by atoms with Crippen molar-refractivity contribution in [3.63, 3.8) is 0 Å². The quantitative estimate of drug-likeness (QED) is 0.0996. The fourth-order valence-electron chi connectivity index (χ4n) is 7.24. The van der Waals surface area contributed by atoms with Crippen LogP contribution in [0.5, 0.6) is 0 Å². The molecule has 0 atom stereocenters. The van der Waals surface area contributed by atoms with Gasteiger partial charge in [-0.3, -0.25) is 27.4 Å². The van der Waals surface area contributed by atoms with E-state index < -0.39 is 46.9 Å². The van der Waals surface area contributed by atoms with Gasteiger partial charge in [0, 0.05) is 72.8 Å². The first-order valence-corrected chi connectivity index (χ1v) is 31.7. The van der Waals surface area contributed by atoms with Crippen LogP contribution < -0.4 is 63.8 Å². The van der Waals surface area contributed by atoms with Gasteiger partial charge in [0.1, 0.15) is 34.1 Å². The number of phosphoric acid groups is 6. The van der Waals surface area contributed by atoms with Crippen molar-refractivity contribution >= 4 is 81.1 Å². The first kappa shape index (κ1) is 90.9. The molecule has 0 spiro atoms. The molecule has 1 saturated heterocycles. The monoisotopic (exact) mass is 1310 g/mol. The molecule has 84 heavy (non-hydrogen) atoms. The van der Waals surface area contributed by atoms with E-state index in [9.17, 15) is 56.8 Å². The van der Waals surface area contributed by atoms with E-state index >= 15 is 0 Å². The number of benzene rings is 6. The van der Waals surface area contributed by atoms with Gasteiger partial charge in [-0.1, -0.05) is 36.4 Å². The SMILES string of the molecule is Cc1cc(C)cc([NH3+])c1.Cc1cc(C)cc([NH3+])c1.Cc1cc(C)cc([NH3+])c1.Cc1cc(C)cc([NH3+])c1.Cc1cc(C)cc([NH3+])c1.Cc1cc(C)cc([NH3+])c1.O.O.O.O.O.O.O=P1([O-])OP(=O)([O-])OP(=O)([O-])OP(=O)([O-])OP(=O)([O-])OP(=O)([O-])O1. The van der Waals surface area contributed by atoms with E-state index in [1.54, 1.807) is 0 Å². The molecule has 1 aliphatic heterocycles. The van der Waals surface area contributed by atoms with Crippen molar-refractivity contribution in [2.75, 3.05) is 0 Å². The molecular formula is C48H84N6O24P6. The van der Waals surface area contributed by atoms with Gasteiger partial charge in [-0.25, -0.2) is 25.9 Å². The highest BCUT2D eigenvalue weighted by molar-refractivity contribution is 7.73. The Kier molecular flexibility index (Phi) is 42.8. The molecule has 1 fully saturated rings. The summed E-state index contributed by atoms with van der Waals surface area (Å²) in [5.41, 5.74) is 45.2. The molecule has 0 radical (unpaired) electrons. The topological polar surface area (TPSA) is 651 Å². The maximum absolute atomic E-state index is 11.0. The third-order valence-electron chi connectivity index (χ3n) is 8.89. The maximum Gasteiger partial charge on any atom is 0.280 e. The van der Waals surface area contributed by atoms with E-state index in [0.29, 0.717) is 0 Å². The van der Waals surface area contributed by atoms with Crippen molar-refractivity contribution in [2.45, 2.75) is 83.1 Å². The number of hydrogen-bond donors (Lipinski definition) is 6. The van der Waals surface area contributed by atoms with Crippen LogP contribution in [0.3, 0.4) is 0 Å². The van der Waals surface area contributed by atoms with Gasteiger partial charge in [0.2, 0.25) is 0 Å². The molecule has 36 heteroatoms. The fourth-order valence-corrected chi connectivity index (χ4v) is 15.4. The molecule has 0 bridgehead atoms. The molecule has 1 aliphatic rings. The van der Waals surface area contributed by atoms with Crippen molar-refractivity contribution in [3.8, 4) is 0 Å². The average Bonchev–Trinajstić information content (AvgIpc) is 3.13. The predicted octanol–water partition coefficient (Wildman–Crippen LogP) is -0.977. The molecule has 30 N–H and O–H groups in total. The van der Waals surface area contributed by atoms with Crippen LogP contribution in [0.4, 0.5) is 34.1 Å². The fraction of sp³-hybridized carbons (Fsp3) is 0.250. The number of quaternary nitrogens is 6. The summed E-state index contributed by atoms with van der Waals surface area (Å²) in [6.07, 6.45) is 0. The lowest BCUT2D eigenvalue weighted by Gasteiger charge is -2.41. The largest absolute Gasteiger partial charge is 0.756 e. The van der Waals surface area contributed by atoms with E-state index in [1.165, 1.54) is 66.8 Å². The Labute approximate surface area is 488 Å². The van der Waals surface area contributed by atoms with Crippen LogP contribution in [0.1, 0.15) is 66.8 Å². The van der Waals surface area contributed by atoms with E-state index in [2.05, 4.69) is 253 Å². The van der Waals surface area contributed by atoms with E-state index in [-0.39, 0.29) is 32.9 Å². The minimum absolute atomic E-state index is 0. The highest BCUT2D eigenvalue weighted by Gasteiger charge is 2.36. The molecule has 1 heterocycles. The van der Waals surface area contributed by atoms with Crippen LogP contribution in [-0.4, -0.2) is 32.9 Å². The minimum Gasteiger partial charge on any atom is -0.756 e. The van der Waals surface area contributed by atoms with Crippen LogP contribution in [0, 0.1) is 83.1 Å². The standard InChI is InChI=1S/6C8H11N.H6O18P6.6H2O/c6*1-6-3-7(2)5-8(9)4-6;1-19(2)13-20(3,4)15-22(7,8)17-24(11,12)18-23(9,10)16-21(5,6)14-19;;;;;;/h6*3-5H,9H2,1-2H3;(H,1,2)(H,3,4)(H,5,6)(H,7,8)(H,9,10)(H,11,12);6*1H2. The smallest absolute Gasteiger partial charge is 0.280 e. The average molecular weight is 1320 g/mol. The molecule has 0 saturated carbocycles. The number of aryl methyl sites for hydroxylation is 12. The maximum atomic E-state index is 11.0. The van der Waals surface area contributed by atoms with Crippen molar-refractivity contribution < 1.29 is 150 Å². The Morgan fingerprint density at radius 1 is 0.214 bits per heavy atom. The zero-order chi connectivity index (χ0) is 60.4. The van der Waals surface area contributed by atoms with Crippen LogP contribution in [-0.2, 0) is 53.3 Å². The highest BCUT2D eigenvalue weighted by atomic mass is 31.3. The van der Waals surface area contributed by atoms with E-state index in [1.807, 2.05) is 0 Å². The summed E-state index contributed by atoms with van der Waals surface area (Å²) < 4.78 is 83.4. The second kappa shape index (κ2) is 39.5. The minimum atomic E-state index is -6.56. The third-order valence-corrected chi connectivity index (χ3v) is 18.5. The molecule has 0 unspecified atom stereocenters. The lowest BCUT2D eigenvalue weighted by molar-refractivity contribution is -0.264. The summed E-state index contributed by atoms with van der Waals surface area (Å²) in [5.74, 6) is 0. The van der Waals surface area contributed by atoms with Crippen LogP contribution in [0.2, 0.25) is 0 Å². The predicted molar refractivity (Wildman–Crippen MR) is 305 cm³/mol. The Balaban J connectivity index is -0.000000218. The molecule has 0 aliphatic carbocycles. The molecule has 30 nitrogen and oxygen atoms in total. The summed E-state index contributed by atoms with van der Waals surface area (Å²) in [7, 11) is -39.3. The molecule has 480 valence electrons. The van der Waals surface area contributed by atoms with Crippen LogP contribution in [0.15, 0.2) is 109 Å². The third kappa shape index (κ3) is 42.5. The second-order valence-corrected chi connectivity index (χ2v) is 27.4. The van der Waals surface area contributed by atoms with E-state index in [0.717, 1.165) is 34.1 Å². The Morgan fingerprint density at radius 2 is 0.286 bits per heavy atom. The lowest BCUT2D eigenvalue weighted by atomic mass is 10.1. The molecule has 6 aromatic rings. The lowest BCUT2D eigenvalue weighted by Crippen LogP contribution is -2.40. The van der Waals surface area contributed by atoms with Gasteiger partial charge in [0.15, 0.2) is 0 Å². The number of hydrogen-bond acceptors (Lipinski definition) is 18.